The van der Waals surface area contributed by atoms with Gasteiger partial charge in [0.1, 0.15) is 0 Å². The zero-order valence-electron chi connectivity index (χ0n) is 14.0. The third-order valence-corrected chi connectivity index (χ3v) is 4.76. The SMILES string of the molecule is Br.Cc1ccc(CCC2CCC(Cc3ccc(O)c(O)c3)N2)cc1. The predicted molar refractivity (Wildman–Crippen MR) is 103 cm³/mol. The zero-order chi connectivity index (χ0) is 16.2. The molecule has 0 aliphatic carbocycles. The van der Waals surface area contributed by atoms with Crippen LogP contribution in [0.1, 0.15) is 36.0 Å². The fourth-order valence-electron chi connectivity index (χ4n) is 3.37. The normalized spacial score (nSPS) is 19.9. The fourth-order valence-corrected chi connectivity index (χ4v) is 3.37. The Bertz CT molecular complexity index is 657. The van der Waals surface area contributed by atoms with Crippen molar-refractivity contribution in [3.8, 4) is 11.5 Å². The molecule has 2 aromatic rings. The van der Waals surface area contributed by atoms with E-state index in [-0.39, 0.29) is 28.5 Å². The Hall–Kier alpha value is -1.52. The first kappa shape index (κ1) is 18.8. The van der Waals surface area contributed by atoms with Gasteiger partial charge in [0.2, 0.25) is 0 Å². The molecule has 2 atom stereocenters. The number of benzene rings is 2. The third kappa shape index (κ3) is 4.99. The Kier molecular flexibility index (Phi) is 6.69. The van der Waals surface area contributed by atoms with E-state index in [1.807, 2.05) is 6.07 Å². The molecule has 4 heteroatoms. The number of rotatable bonds is 5. The maximum absolute atomic E-state index is 9.59. The first-order chi connectivity index (χ1) is 11.1. The van der Waals surface area contributed by atoms with E-state index in [0.717, 1.165) is 18.4 Å². The van der Waals surface area contributed by atoms with Crippen LogP contribution in [0.25, 0.3) is 0 Å². The summed E-state index contributed by atoms with van der Waals surface area (Å²) in [5, 5.41) is 22.7. The maximum Gasteiger partial charge on any atom is 0.157 e. The van der Waals surface area contributed by atoms with E-state index in [1.54, 1.807) is 12.1 Å². The number of nitrogens with one attached hydrogen (secondary N) is 1. The van der Waals surface area contributed by atoms with Crippen LogP contribution in [-0.4, -0.2) is 22.3 Å². The number of aromatic hydroxyl groups is 2. The first-order valence-electron chi connectivity index (χ1n) is 8.42. The van der Waals surface area contributed by atoms with Crippen molar-refractivity contribution in [2.24, 2.45) is 0 Å². The highest BCUT2D eigenvalue weighted by molar-refractivity contribution is 8.93. The Balaban J connectivity index is 0.00000208. The van der Waals surface area contributed by atoms with Crippen molar-refractivity contribution in [2.75, 3.05) is 0 Å². The minimum absolute atomic E-state index is 0. The lowest BCUT2D eigenvalue weighted by Gasteiger charge is -2.15. The van der Waals surface area contributed by atoms with Crippen molar-refractivity contribution in [3.63, 3.8) is 0 Å². The molecule has 0 amide bonds. The average Bonchev–Trinajstić information content (AvgIpc) is 2.98. The van der Waals surface area contributed by atoms with Gasteiger partial charge in [0.05, 0.1) is 0 Å². The fraction of sp³-hybridized carbons (Fsp3) is 0.400. The van der Waals surface area contributed by atoms with E-state index in [0.29, 0.717) is 12.1 Å². The van der Waals surface area contributed by atoms with E-state index in [1.165, 1.54) is 30.4 Å². The first-order valence-corrected chi connectivity index (χ1v) is 8.42. The van der Waals surface area contributed by atoms with Crippen molar-refractivity contribution < 1.29 is 10.2 Å². The van der Waals surface area contributed by atoms with Gasteiger partial charge in [-0.25, -0.2) is 0 Å². The highest BCUT2D eigenvalue weighted by Crippen LogP contribution is 2.27. The molecule has 1 aliphatic heterocycles. The van der Waals surface area contributed by atoms with Crippen LogP contribution in [0.15, 0.2) is 42.5 Å². The van der Waals surface area contributed by atoms with Crippen LogP contribution in [0.5, 0.6) is 11.5 Å². The van der Waals surface area contributed by atoms with Crippen LogP contribution in [0.2, 0.25) is 0 Å². The largest absolute Gasteiger partial charge is 0.504 e. The van der Waals surface area contributed by atoms with Gasteiger partial charge in [-0.2, -0.15) is 0 Å². The Morgan fingerprint density at radius 1 is 0.917 bits per heavy atom. The molecule has 3 nitrogen and oxygen atoms in total. The highest BCUT2D eigenvalue weighted by atomic mass is 79.9. The summed E-state index contributed by atoms with van der Waals surface area (Å²) in [6.07, 6.45) is 5.56. The molecule has 2 aromatic carbocycles. The Morgan fingerprint density at radius 3 is 2.29 bits per heavy atom. The summed E-state index contributed by atoms with van der Waals surface area (Å²) in [5.74, 6) is -0.0828. The minimum atomic E-state index is -0.0518. The summed E-state index contributed by atoms with van der Waals surface area (Å²) in [6.45, 7) is 2.12. The lowest BCUT2D eigenvalue weighted by Crippen LogP contribution is -2.31. The van der Waals surface area contributed by atoms with Gasteiger partial charge in [0.15, 0.2) is 11.5 Å². The van der Waals surface area contributed by atoms with Gasteiger partial charge >= 0.3 is 0 Å². The summed E-state index contributed by atoms with van der Waals surface area (Å²) >= 11 is 0. The van der Waals surface area contributed by atoms with Gasteiger partial charge < -0.3 is 15.5 Å². The summed E-state index contributed by atoms with van der Waals surface area (Å²) in [7, 11) is 0. The third-order valence-electron chi connectivity index (χ3n) is 4.76. The summed E-state index contributed by atoms with van der Waals surface area (Å²) in [6, 6.07) is 15.0. The van der Waals surface area contributed by atoms with Gasteiger partial charge in [0, 0.05) is 12.1 Å². The summed E-state index contributed by atoms with van der Waals surface area (Å²) in [5.41, 5.74) is 3.78. The Labute approximate surface area is 154 Å². The molecular weight excluding hydrogens is 366 g/mol. The summed E-state index contributed by atoms with van der Waals surface area (Å²) in [4.78, 5) is 0. The Morgan fingerprint density at radius 2 is 1.58 bits per heavy atom. The second kappa shape index (κ2) is 8.54. The van der Waals surface area contributed by atoms with Crippen LogP contribution in [0.4, 0.5) is 0 Å². The molecule has 1 aliphatic rings. The molecular formula is C20H26BrNO2. The molecule has 24 heavy (non-hydrogen) atoms. The summed E-state index contributed by atoms with van der Waals surface area (Å²) < 4.78 is 0. The number of phenolic OH excluding ortho intramolecular Hbond substituents is 2. The average molecular weight is 392 g/mol. The number of aryl methyl sites for hydroxylation is 2. The number of hydrogen-bond donors (Lipinski definition) is 3. The second-order valence-electron chi connectivity index (χ2n) is 6.69. The van der Waals surface area contributed by atoms with Crippen LogP contribution < -0.4 is 5.32 Å². The zero-order valence-corrected chi connectivity index (χ0v) is 15.7. The van der Waals surface area contributed by atoms with Gasteiger partial charge in [-0.3, -0.25) is 0 Å². The maximum atomic E-state index is 9.59. The molecule has 1 fully saturated rings. The van der Waals surface area contributed by atoms with Crippen LogP contribution in [-0.2, 0) is 12.8 Å². The number of hydrogen-bond acceptors (Lipinski definition) is 3. The van der Waals surface area contributed by atoms with Gasteiger partial charge in [0.25, 0.3) is 0 Å². The molecule has 1 heterocycles. The van der Waals surface area contributed by atoms with E-state index in [4.69, 9.17) is 0 Å². The van der Waals surface area contributed by atoms with Crippen molar-refractivity contribution in [1.82, 2.24) is 5.32 Å². The molecule has 2 unspecified atom stereocenters. The van der Waals surface area contributed by atoms with Gasteiger partial charge in [-0.15, -0.1) is 17.0 Å². The lowest BCUT2D eigenvalue weighted by atomic mass is 10.0. The number of halogens is 1. The monoisotopic (exact) mass is 391 g/mol. The topological polar surface area (TPSA) is 52.5 Å². The van der Waals surface area contributed by atoms with Crippen molar-refractivity contribution in [3.05, 3.63) is 59.2 Å². The van der Waals surface area contributed by atoms with E-state index in [9.17, 15) is 10.2 Å². The molecule has 0 radical (unpaired) electrons. The molecule has 3 rings (SSSR count). The molecule has 0 bridgehead atoms. The smallest absolute Gasteiger partial charge is 0.157 e. The quantitative estimate of drug-likeness (QED) is 0.666. The van der Waals surface area contributed by atoms with Crippen molar-refractivity contribution >= 4 is 17.0 Å². The van der Waals surface area contributed by atoms with E-state index >= 15 is 0 Å². The van der Waals surface area contributed by atoms with Crippen molar-refractivity contribution in [1.29, 1.82) is 0 Å². The van der Waals surface area contributed by atoms with E-state index < -0.39 is 0 Å². The molecule has 130 valence electrons. The number of phenols is 2. The molecule has 1 saturated heterocycles. The predicted octanol–water partition coefficient (Wildman–Crippen LogP) is 4.28. The molecule has 0 spiro atoms. The standard InChI is InChI=1S/C20H25NO2.BrH/c1-14-2-4-15(5-3-14)6-8-17-9-10-18(21-17)12-16-7-11-19(22)20(23)13-16;/h2-5,7,11,13,17-18,21-23H,6,8-10,12H2,1H3;1H. The lowest BCUT2D eigenvalue weighted by molar-refractivity contribution is 0.402. The highest BCUT2D eigenvalue weighted by Gasteiger charge is 2.23. The molecule has 0 aromatic heterocycles. The molecule has 0 saturated carbocycles. The minimum Gasteiger partial charge on any atom is -0.504 e. The second-order valence-corrected chi connectivity index (χ2v) is 6.69. The molecule has 3 N–H and O–H groups in total. The van der Waals surface area contributed by atoms with Crippen LogP contribution >= 0.6 is 17.0 Å². The van der Waals surface area contributed by atoms with Crippen LogP contribution in [0, 0.1) is 6.92 Å². The van der Waals surface area contributed by atoms with Gasteiger partial charge in [-0.1, -0.05) is 35.9 Å². The van der Waals surface area contributed by atoms with Gasteiger partial charge in [-0.05, 0) is 62.3 Å². The van der Waals surface area contributed by atoms with E-state index in [2.05, 4.69) is 36.5 Å². The van der Waals surface area contributed by atoms with Crippen LogP contribution in [0.3, 0.4) is 0 Å². The van der Waals surface area contributed by atoms with Crippen molar-refractivity contribution in [2.45, 2.75) is 51.1 Å².